The Kier molecular flexibility index (Phi) is 4.44. The summed E-state index contributed by atoms with van der Waals surface area (Å²) >= 11 is 0. The van der Waals surface area contributed by atoms with E-state index >= 15 is 0 Å². The van der Waals surface area contributed by atoms with Crippen LogP contribution in [0.1, 0.15) is 18.2 Å². The van der Waals surface area contributed by atoms with Crippen molar-refractivity contribution in [2.45, 2.75) is 19.1 Å². The fraction of sp³-hybridized carbons (Fsp3) is 0.375. The summed E-state index contributed by atoms with van der Waals surface area (Å²) in [5.74, 6) is 1.02. The molecule has 1 saturated heterocycles. The smallest absolute Gasteiger partial charge is 0.350 e. The van der Waals surface area contributed by atoms with Gasteiger partial charge in [-0.25, -0.2) is 15.0 Å². The number of nitriles is 1. The van der Waals surface area contributed by atoms with Crippen molar-refractivity contribution in [1.82, 2.24) is 15.0 Å². The molecule has 3 heterocycles. The molecule has 6 nitrogen and oxygen atoms in total. The first-order valence-corrected chi connectivity index (χ1v) is 7.66. The van der Waals surface area contributed by atoms with Crippen molar-refractivity contribution in [2.75, 3.05) is 29.4 Å². The van der Waals surface area contributed by atoms with Gasteiger partial charge in [-0.05, 0) is 19.1 Å². The van der Waals surface area contributed by atoms with E-state index in [9.17, 15) is 13.2 Å². The van der Waals surface area contributed by atoms with E-state index in [1.165, 1.54) is 18.5 Å². The van der Waals surface area contributed by atoms with Crippen molar-refractivity contribution in [1.29, 1.82) is 5.26 Å². The second-order valence-corrected chi connectivity index (χ2v) is 5.73. The van der Waals surface area contributed by atoms with Crippen LogP contribution >= 0.6 is 0 Å². The van der Waals surface area contributed by atoms with Crippen molar-refractivity contribution in [2.24, 2.45) is 0 Å². The second-order valence-electron chi connectivity index (χ2n) is 5.73. The van der Waals surface area contributed by atoms with Crippen LogP contribution in [-0.2, 0) is 6.18 Å². The molecule has 0 spiro atoms. The van der Waals surface area contributed by atoms with Crippen LogP contribution in [-0.4, -0.2) is 40.6 Å². The van der Waals surface area contributed by atoms with Gasteiger partial charge in [0, 0.05) is 44.3 Å². The Morgan fingerprint density at radius 1 is 1.16 bits per heavy atom. The number of hydrogen-bond acceptors (Lipinski definition) is 6. The molecule has 9 heteroatoms. The fourth-order valence-electron chi connectivity index (χ4n) is 2.85. The first-order valence-electron chi connectivity index (χ1n) is 7.66. The summed E-state index contributed by atoms with van der Waals surface area (Å²) in [4.78, 5) is 16.1. The molecule has 1 atom stereocenters. The maximum absolute atomic E-state index is 12.6. The van der Waals surface area contributed by atoms with Crippen LogP contribution in [0.2, 0.25) is 0 Å². The highest BCUT2D eigenvalue weighted by molar-refractivity contribution is 5.52. The molecule has 3 rings (SSSR count). The lowest BCUT2D eigenvalue weighted by molar-refractivity contribution is -0.137. The highest BCUT2D eigenvalue weighted by Gasteiger charge is 2.32. The average molecular weight is 348 g/mol. The van der Waals surface area contributed by atoms with Gasteiger partial charge in [-0.2, -0.15) is 18.4 Å². The van der Waals surface area contributed by atoms with E-state index in [2.05, 4.69) is 15.0 Å². The van der Waals surface area contributed by atoms with Crippen LogP contribution in [0.15, 0.2) is 30.7 Å². The van der Waals surface area contributed by atoms with Crippen molar-refractivity contribution >= 4 is 11.6 Å². The van der Waals surface area contributed by atoms with E-state index < -0.39 is 11.7 Å². The summed E-state index contributed by atoms with van der Waals surface area (Å²) < 4.78 is 37.9. The standard InChI is InChI=1S/C16H15F3N6/c1-11-10-24(15-13(8-20)21-4-5-22-15)6-7-25(11)14-3-2-12(9-23-14)16(17,18)19/h2-5,9,11H,6-7,10H2,1H3. The Hall–Kier alpha value is -2.89. The number of aromatic nitrogens is 3. The Morgan fingerprint density at radius 2 is 1.92 bits per heavy atom. The van der Waals surface area contributed by atoms with Gasteiger partial charge in [-0.3, -0.25) is 0 Å². The molecular formula is C16H15F3N6. The number of pyridine rings is 1. The normalized spacial score (nSPS) is 18.1. The molecular weight excluding hydrogens is 333 g/mol. The predicted octanol–water partition coefficient (Wildman–Crippen LogP) is 2.48. The SMILES string of the molecule is CC1CN(c2nccnc2C#N)CCN1c1ccc(C(F)(F)F)cn1. The van der Waals surface area contributed by atoms with E-state index in [0.29, 0.717) is 31.3 Å². The Bertz CT molecular complexity index is 784. The van der Waals surface area contributed by atoms with Crippen LogP contribution in [0.3, 0.4) is 0 Å². The van der Waals surface area contributed by atoms with Gasteiger partial charge in [-0.15, -0.1) is 0 Å². The van der Waals surface area contributed by atoms with Crippen LogP contribution in [0.5, 0.6) is 0 Å². The van der Waals surface area contributed by atoms with Gasteiger partial charge in [0.15, 0.2) is 11.5 Å². The number of halogens is 3. The average Bonchev–Trinajstić information content (AvgIpc) is 2.61. The molecule has 0 bridgehead atoms. The van der Waals surface area contributed by atoms with E-state index in [4.69, 9.17) is 5.26 Å². The third-order valence-electron chi connectivity index (χ3n) is 4.08. The second kappa shape index (κ2) is 6.55. The molecule has 2 aromatic rings. The topological polar surface area (TPSA) is 68.9 Å². The van der Waals surface area contributed by atoms with E-state index in [1.54, 1.807) is 0 Å². The number of hydrogen-bond donors (Lipinski definition) is 0. The van der Waals surface area contributed by atoms with Crippen LogP contribution in [0.4, 0.5) is 24.8 Å². The van der Waals surface area contributed by atoms with Gasteiger partial charge < -0.3 is 9.80 Å². The fourth-order valence-corrected chi connectivity index (χ4v) is 2.85. The van der Waals surface area contributed by atoms with E-state index in [1.807, 2.05) is 22.8 Å². The van der Waals surface area contributed by atoms with Crippen LogP contribution in [0, 0.1) is 11.3 Å². The number of nitrogens with zero attached hydrogens (tertiary/aromatic N) is 6. The largest absolute Gasteiger partial charge is 0.417 e. The van der Waals surface area contributed by atoms with Gasteiger partial charge in [0.1, 0.15) is 11.9 Å². The van der Waals surface area contributed by atoms with Gasteiger partial charge >= 0.3 is 6.18 Å². The van der Waals surface area contributed by atoms with Gasteiger partial charge in [0.25, 0.3) is 0 Å². The summed E-state index contributed by atoms with van der Waals surface area (Å²) in [6.45, 7) is 3.64. The molecule has 1 aliphatic heterocycles. The Morgan fingerprint density at radius 3 is 2.52 bits per heavy atom. The van der Waals surface area contributed by atoms with Crippen LogP contribution < -0.4 is 9.80 Å². The zero-order valence-corrected chi connectivity index (χ0v) is 13.4. The van der Waals surface area contributed by atoms with Gasteiger partial charge in [0.05, 0.1) is 5.56 Å². The summed E-state index contributed by atoms with van der Waals surface area (Å²) in [6, 6.07) is 4.44. The maximum Gasteiger partial charge on any atom is 0.417 e. The van der Waals surface area contributed by atoms with Crippen molar-refractivity contribution in [3.8, 4) is 6.07 Å². The quantitative estimate of drug-likeness (QED) is 0.830. The Labute approximate surface area is 142 Å². The molecule has 0 radical (unpaired) electrons. The third kappa shape index (κ3) is 3.47. The molecule has 0 aromatic carbocycles. The first-order chi connectivity index (χ1) is 11.9. The van der Waals surface area contributed by atoms with Crippen LogP contribution in [0.25, 0.3) is 0 Å². The third-order valence-corrected chi connectivity index (χ3v) is 4.08. The molecule has 1 aliphatic rings. The summed E-state index contributed by atoms with van der Waals surface area (Å²) in [7, 11) is 0. The Balaban J connectivity index is 1.75. The highest BCUT2D eigenvalue weighted by Crippen LogP contribution is 2.30. The molecule has 1 unspecified atom stereocenters. The van der Waals surface area contributed by atoms with E-state index in [-0.39, 0.29) is 11.7 Å². The number of anilines is 2. The highest BCUT2D eigenvalue weighted by atomic mass is 19.4. The summed E-state index contributed by atoms with van der Waals surface area (Å²) in [5.41, 5.74) is -0.503. The maximum atomic E-state index is 12.6. The zero-order chi connectivity index (χ0) is 18.0. The van der Waals surface area contributed by atoms with E-state index in [0.717, 1.165) is 12.3 Å². The lowest BCUT2D eigenvalue weighted by Gasteiger charge is -2.41. The van der Waals surface area contributed by atoms with Gasteiger partial charge in [-0.1, -0.05) is 0 Å². The minimum Gasteiger partial charge on any atom is -0.350 e. The molecule has 1 fully saturated rings. The molecule has 130 valence electrons. The number of piperazine rings is 1. The predicted molar refractivity (Wildman–Crippen MR) is 85.0 cm³/mol. The molecule has 0 amide bonds. The molecule has 2 aromatic heterocycles. The molecule has 25 heavy (non-hydrogen) atoms. The molecule has 0 saturated carbocycles. The molecule has 0 N–H and O–H groups in total. The number of alkyl halides is 3. The minimum atomic E-state index is -4.39. The lowest BCUT2D eigenvalue weighted by atomic mass is 10.1. The summed E-state index contributed by atoms with van der Waals surface area (Å²) in [6.07, 6.45) is -0.543. The first kappa shape index (κ1) is 17.0. The monoisotopic (exact) mass is 348 g/mol. The van der Waals surface area contributed by atoms with Gasteiger partial charge in [0.2, 0.25) is 0 Å². The zero-order valence-electron chi connectivity index (χ0n) is 13.4. The van der Waals surface area contributed by atoms with Crippen molar-refractivity contribution in [3.63, 3.8) is 0 Å². The number of rotatable bonds is 2. The van der Waals surface area contributed by atoms with Crippen molar-refractivity contribution in [3.05, 3.63) is 42.0 Å². The lowest BCUT2D eigenvalue weighted by Crippen LogP contribution is -2.53. The van der Waals surface area contributed by atoms with Crippen molar-refractivity contribution < 1.29 is 13.2 Å². The minimum absolute atomic E-state index is 0.00784. The summed E-state index contributed by atoms with van der Waals surface area (Å²) in [5, 5.41) is 9.15. The molecule has 0 aliphatic carbocycles.